The molecule has 1 aliphatic rings. The molecule has 0 atom stereocenters. The zero-order valence-electron chi connectivity index (χ0n) is 12.3. The predicted molar refractivity (Wildman–Crippen MR) is 82.2 cm³/mol. The number of benzene rings is 1. The van der Waals surface area contributed by atoms with Crippen LogP contribution in [0, 0.1) is 5.82 Å². The first-order valence-corrected chi connectivity index (χ1v) is 7.68. The number of halogens is 2. The largest absolute Gasteiger partial charge is 0.237 e. The van der Waals surface area contributed by atoms with Crippen molar-refractivity contribution >= 4 is 11.6 Å². The van der Waals surface area contributed by atoms with Crippen molar-refractivity contribution in [1.82, 2.24) is 9.97 Å². The maximum Gasteiger partial charge on any atom is 0.140 e. The fourth-order valence-electron chi connectivity index (χ4n) is 2.82. The minimum atomic E-state index is -0.399. The average molecular weight is 305 g/mol. The highest BCUT2D eigenvalue weighted by molar-refractivity contribution is 6.30. The second kappa shape index (κ2) is 5.38. The Morgan fingerprint density at radius 3 is 2.43 bits per heavy atom. The lowest BCUT2D eigenvalue weighted by Gasteiger charge is -2.26. The van der Waals surface area contributed by atoms with E-state index in [1.165, 1.54) is 12.1 Å². The standard InChI is InChI=1S/C17H18ClFN2/c1-17(2,11-7-9-12(19)10-8-11)16-20-14-6-4-3-5-13(14)15(18)21-16/h7-10H,3-6H2,1-2H3. The molecule has 1 heterocycles. The first kappa shape index (κ1) is 14.5. The zero-order valence-corrected chi connectivity index (χ0v) is 13.0. The van der Waals surface area contributed by atoms with E-state index in [-0.39, 0.29) is 5.82 Å². The van der Waals surface area contributed by atoms with Crippen LogP contribution in [0.2, 0.25) is 5.15 Å². The molecule has 0 amide bonds. The lowest BCUT2D eigenvalue weighted by Crippen LogP contribution is -2.24. The molecule has 0 unspecified atom stereocenters. The van der Waals surface area contributed by atoms with E-state index in [2.05, 4.69) is 4.98 Å². The zero-order chi connectivity index (χ0) is 15.0. The van der Waals surface area contributed by atoms with Crippen LogP contribution >= 0.6 is 11.6 Å². The Morgan fingerprint density at radius 2 is 1.71 bits per heavy atom. The fraction of sp³-hybridized carbons (Fsp3) is 0.412. The number of hydrogen-bond donors (Lipinski definition) is 0. The quantitative estimate of drug-likeness (QED) is 0.765. The van der Waals surface area contributed by atoms with E-state index in [9.17, 15) is 4.39 Å². The monoisotopic (exact) mass is 304 g/mol. The minimum absolute atomic E-state index is 0.237. The van der Waals surface area contributed by atoms with Gasteiger partial charge in [-0.15, -0.1) is 0 Å². The summed E-state index contributed by atoms with van der Waals surface area (Å²) in [7, 11) is 0. The van der Waals surface area contributed by atoms with E-state index in [4.69, 9.17) is 16.6 Å². The van der Waals surface area contributed by atoms with Crippen molar-refractivity contribution in [3.05, 3.63) is 57.9 Å². The summed E-state index contributed by atoms with van der Waals surface area (Å²) in [5, 5.41) is 0.574. The first-order valence-electron chi connectivity index (χ1n) is 7.30. The van der Waals surface area contributed by atoms with Gasteiger partial charge in [0.05, 0.1) is 0 Å². The summed E-state index contributed by atoms with van der Waals surface area (Å²) in [6.07, 6.45) is 4.23. The van der Waals surface area contributed by atoms with E-state index < -0.39 is 5.41 Å². The summed E-state index contributed by atoms with van der Waals surface area (Å²) >= 11 is 6.35. The van der Waals surface area contributed by atoms with Gasteiger partial charge < -0.3 is 0 Å². The van der Waals surface area contributed by atoms with Gasteiger partial charge in [0.1, 0.15) is 16.8 Å². The highest BCUT2D eigenvalue weighted by Gasteiger charge is 2.29. The van der Waals surface area contributed by atoms with E-state index in [1.54, 1.807) is 12.1 Å². The van der Waals surface area contributed by atoms with Gasteiger partial charge in [-0.05, 0) is 57.2 Å². The van der Waals surface area contributed by atoms with Crippen molar-refractivity contribution < 1.29 is 4.39 Å². The molecule has 4 heteroatoms. The summed E-state index contributed by atoms with van der Waals surface area (Å²) in [6.45, 7) is 4.09. The maximum absolute atomic E-state index is 13.1. The normalized spacial score (nSPS) is 14.9. The Bertz CT molecular complexity index is 665. The molecule has 1 aromatic heterocycles. The van der Waals surface area contributed by atoms with E-state index in [1.807, 2.05) is 13.8 Å². The fourth-order valence-corrected chi connectivity index (χ4v) is 3.11. The van der Waals surface area contributed by atoms with Gasteiger partial charge in [-0.2, -0.15) is 0 Å². The van der Waals surface area contributed by atoms with Crippen LogP contribution in [-0.2, 0) is 18.3 Å². The highest BCUT2D eigenvalue weighted by atomic mass is 35.5. The summed E-state index contributed by atoms with van der Waals surface area (Å²) < 4.78 is 13.1. The maximum atomic E-state index is 13.1. The number of nitrogens with zero attached hydrogens (tertiary/aromatic N) is 2. The molecule has 2 aromatic rings. The van der Waals surface area contributed by atoms with Gasteiger partial charge in [-0.3, -0.25) is 0 Å². The van der Waals surface area contributed by atoms with Crippen molar-refractivity contribution in [3.63, 3.8) is 0 Å². The van der Waals surface area contributed by atoms with Gasteiger partial charge in [0.25, 0.3) is 0 Å². The van der Waals surface area contributed by atoms with E-state index in [0.29, 0.717) is 11.0 Å². The summed E-state index contributed by atoms with van der Waals surface area (Å²) in [5.41, 5.74) is 2.76. The highest BCUT2D eigenvalue weighted by Crippen LogP contribution is 2.33. The third kappa shape index (κ3) is 2.67. The predicted octanol–water partition coefficient (Wildman–Crippen LogP) is 4.47. The molecule has 2 nitrogen and oxygen atoms in total. The molecular formula is C17H18ClFN2. The van der Waals surface area contributed by atoms with E-state index >= 15 is 0 Å². The third-order valence-electron chi connectivity index (χ3n) is 4.26. The molecular weight excluding hydrogens is 287 g/mol. The summed E-state index contributed by atoms with van der Waals surface area (Å²) in [5.74, 6) is 0.471. The molecule has 0 bridgehead atoms. The Kier molecular flexibility index (Phi) is 3.70. The smallest absolute Gasteiger partial charge is 0.140 e. The van der Waals surface area contributed by atoms with Crippen LogP contribution in [0.3, 0.4) is 0 Å². The SMILES string of the molecule is CC(C)(c1ccc(F)cc1)c1nc(Cl)c2c(n1)CCCC2. The number of aryl methyl sites for hydroxylation is 1. The van der Waals surface area contributed by atoms with E-state index in [0.717, 1.165) is 42.5 Å². The lowest BCUT2D eigenvalue weighted by molar-refractivity contribution is 0.566. The molecule has 1 aliphatic carbocycles. The van der Waals surface area contributed by atoms with Crippen LogP contribution in [0.1, 0.15) is 49.3 Å². The Balaban J connectivity index is 2.06. The van der Waals surface area contributed by atoms with Crippen molar-refractivity contribution in [2.75, 3.05) is 0 Å². The Hall–Kier alpha value is -1.48. The van der Waals surface area contributed by atoms with Crippen LogP contribution in [0.5, 0.6) is 0 Å². The lowest BCUT2D eigenvalue weighted by atomic mass is 9.83. The van der Waals surface area contributed by atoms with Crippen molar-refractivity contribution in [2.45, 2.75) is 44.9 Å². The molecule has 0 N–H and O–H groups in total. The van der Waals surface area contributed by atoms with Gasteiger partial charge in [-0.1, -0.05) is 23.7 Å². The van der Waals surface area contributed by atoms with Crippen LogP contribution in [-0.4, -0.2) is 9.97 Å². The van der Waals surface area contributed by atoms with Gasteiger partial charge in [0.2, 0.25) is 0 Å². The molecule has 0 spiro atoms. The second-order valence-corrected chi connectivity index (χ2v) is 6.46. The molecule has 1 aromatic carbocycles. The summed E-state index contributed by atoms with van der Waals surface area (Å²) in [4.78, 5) is 9.27. The minimum Gasteiger partial charge on any atom is -0.237 e. The van der Waals surface area contributed by atoms with Crippen LogP contribution in [0.4, 0.5) is 4.39 Å². The van der Waals surface area contributed by atoms with Gasteiger partial charge in [0.15, 0.2) is 0 Å². The molecule has 0 saturated carbocycles. The number of aromatic nitrogens is 2. The van der Waals surface area contributed by atoms with Crippen molar-refractivity contribution in [3.8, 4) is 0 Å². The first-order chi connectivity index (χ1) is 9.98. The Morgan fingerprint density at radius 1 is 1.05 bits per heavy atom. The molecule has 21 heavy (non-hydrogen) atoms. The number of rotatable bonds is 2. The van der Waals surface area contributed by atoms with Crippen LogP contribution < -0.4 is 0 Å². The van der Waals surface area contributed by atoms with Crippen molar-refractivity contribution in [2.24, 2.45) is 0 Å². The van der Waals surface area contributed by atoms with Crippen LogP contribution in [0.25, 0.3) is 0 Å². The van der Waals surface area contributed by atoms with Gasteiger partial charge >= 0.3 is 0 Å². The van der Waals surface area contributed by atoms with Crippen LogP contribution in [0.15, 0.2) is 24.3 Å². The number of hydrogen-bond acceptors (Lipinski definition) is 2. The summed E-state index contributed by atoms with van der Waals surface area (Å²) in [6, 6.07) is 6.51. The second-order valence-electron chi connectivity index (χ2n) is 6.10. The molecule has 0 saturated heterocycles. The molecule has 3 rings (SSSR count). The van der Waals surface area contributed by atoms with Gasteiger partial charge in [0, 0.05) is 16.7 Å². The third-order valence-corrected chi connectivity index (χ3v) is 4.57. The molecule has 0 radical (unpaired) electrons. The Labute approximate surface area is 129 Å². The average Bonchev–Trinajstić information content (AvgIpc) is 2.47. The van der Waals surface area contributed by atoms with Gasteiger partial charge in [-0.25, -0.2) is 14.4 Å². The molecule has 0 aliphatic heterocycles. The molecule has 110 valence electrons. The topological polar surface area (TPSA) is 25.8 Å². The number of fused-ring (bicyclic) bond motifs is 1. The molecule has 0 fully saturated rings. The van der Waals surface area contributed by atoms with Crippen molar-refractivity contribution in [1.29, 1.82) is 0 Å².